The van der Waals surface area contributed by atoms with Crippen LogP contribution in [0.3, 0.4) is 0 Å². The van der Waals surface area contributed by atoms with Crippen LogP contribution in [0.25, 0.3) is 0 Å². The van der Waals surface area contributed by atoms with Crippen LogP contribution in [0.1, 0.15) is 91.9 Å². The summed E-state index contributed by atoms with van der Waals surface area (Å²) in [6, 6.07) is 0. The summed E-state index contributed by atoms with van der Waals surface area (Å²) in [5.41, 5.74) is 0. The molecule has 0 saturated heterocycles. The van der Waals surface area contributed by atoms with Crippen molar-refractivity contribution in [1.82, 2.24) is 20.0 Å². The molecule has 2 rings (SSSR count). The molecule has 0 aromatic heterocycles. The van der Waals surface area contributed by atoms with E-state index in [0.717, 1.165) is 13.1 Å². The molecule has 0 amide bonds. The van der Waals surface area contributed by atoms with Crippen molar-refractivity contribution >= 4 is 49.2 Å². The molecule has 0 aromatic rings. The second-order valence-corrected chi connectivity index (χ2v) is 18.2. The maximum absolute atomic E-state index is 13.7. The van der Waals surface area contributed by atoms with Gasteiger partial charge in [-0.15, -0.1) is 0 Å². The molecule has 2 N–H and O–H groups in total. The number of hydrogen-bond donors (Lipinski definition) is 2. The number of nitrogens with one attached hydrogen (secondary N) is 2. The van der Waals surface area contributed by atoms with E-state index in [1.807, 2.05) is 37.0 Å². The molecule has 0 unspecified atom stereocenters. The molecule has 0 bridgehead atoms. The highest BCUT2D eigenvalue weighted by Gasteiger charge is 2.33. The van der Waals surface area contributed by atoms with E-state index in [9.17, 15) is 9.13 Å². The molecular formula is C26H52N4O2P2S2. The molecule has 6 nitrogen and oxygen atoms in total. The molecule has 0 atom stereocenters. The Kier molecular flexibility index (Phi) is 14.3. The first kappa shape index (κ1) is 32.1. The zero-order chi connectivity index (χ0) is 26.6. The van der Waals surface area contributed by atoms with Gasteiger partial charge >= 0.3 is 0 Å². The summed E-state index contributed by atoms with van der Waals surface area (Å²) in [6.45, 7) is 10.8. The lowest BCUT2D eigenvalue weighted by atomic mass is 9.89. The Labute approximate surface area is 232 Å². The fraction of sp³-hybridized carbons (Fsp3) is 0.923. The van der Waals surface area contributed by atoms with Gasteiger partial charge in [0.15, 0.2) is 24.8 Å². The molecular weight excluding hydrogens is 526 g/mol. The van der Waals surface area contributed by atoms with Gasteiger partial charge in [0.25, 0.3) is 0 Å². The van der Waals surface area contributed by atoms with E-state index in [0.29, 0.717) is 59.8 Å². The molecule has 0 spiro atoms. The molecule has 2 aliphatic carbocycles. The van der Waals surface area contributed by atoms with Crippen LogP contribution >= 0.6 is 39.0 Å². The highest BCUT2D eigenvalue weighted by Crippen LogP contribution is 2.51. The SMILES string of the molecule is CCP(=O)(CC)N(CC1CCCCC1)C(=S)NCCNC(=S)N(CC1CCCCC1)P(=O)(CC)CC. The normalized spacial score (nSPS) is 18.0. The Hall–Kier alpha value is -0.160. The molecule has 0 aromatic carbocycles. The molecule has 2 saturated carbocycles. The minimum Gasteiger partial charge on any atom is -0.361 e. The Morgan fingerprint density at radius 3 is 1.22 bits per heavy atom. The summed E-state index contributed by atoms with van der Waals surface area (Å²) >= 11 is 11.6. The molecule has 0 radical (unpaired) electrons. The van der Waals surface area contributed by atoms with E-state index >= 15 is 0 Å². The Balaban J connectivity index is 1.96. The first-order valence-corrected chi connectivity index (χ1v) is 19.4. The molecule has 2 aliphatic rings. The number of thiocarbonyl (C=S) groups is 2. The van der Waals surface area contributed by atoms with Gasteiger partial charge in [-0.1, -0.05) is 66.2 Å². The lowest BCUT2D eigenvalue weighted by molar-refractivity contribution is 0.318. The van der Waals surface area contributed by atoms with Gasteiger partial charge in [0.2, 0.25) is 0 Å². The monoisotopic (exact) mass is 578 g/mol. The van der Waals surface area contributed by atoms with E-state index in [1.165, 1.54) is 64.2 Å². The maximum atomic E-state index is 13.7. The smallest absolute Gasteiger partial charge is 0.174 e. The fourth-order valence-corrected chi connectivity index (χ4v) is 11.0. The predicted octanol–water partition coefficient (Wildman–Crippen LogP) is 7.14. The average Bonchev–Trinajstić information content (AvgIpc) is 2.92. The Morgan fingerprint density at radius 1 is 0.639 bits per heavy atom. The topological polar surface area (TPSA) is 64.7 Å². The van der Waals surface area contributed by atoms with Crippen molar-refractivity contribution in [1.29, 1.82) is 0 Å². The average molecular weight is 579 g/mol. The third-order valence-electron chi connectivity index (χ3n) is 8.31. The van der Waals surface area contributed by atoms with Gasteiger partial charge in [0, 0.05) is 50.8 Å². The predicted molar refractivity (Wildman–Crippen MR) is 165 cm³/mol. The maximum Gasteiger partial charge on any atom is 0.174 e. The van der Waals surface area contributed by atoms with Crippen LogP contribution in [-0.4, -0.2) is 70.4 Å². The van der Waals surface area contributed by atoms with E-state index in [-0.39, 0.29) is 0 Å². The highest BCUT2D eigenvalue weighted by atomic mass is 32.1. The minimum atomic E-state index is -2.51. The van der Waals surface area contributed by atoms with E-state index in [4.69, 9.17) is 24.4 Å². The van der Waals surface area contributed by atoms with Crippen molar-refractivity contribution in [2.45, 2.75) is 91.9 Å². The number of nitrogens with zero attached hydrogens (tertiary/aromatic N) is 2. The van der Waals surface area contributed by atoms with Gasteiger partial charge in [0.05, 0.1) is 0 Å². The second kappa shape index (κ2) is 16.1. The van der Waals surface area contributed by atoms with Crippen LogP contribution in [0.2, 0.25) is 0 Å². The Bertz CT molecular complexity index is 706. The van der Waals surface area contributed by atoms with Gasteiger partial charge in [-0.25, -0.2) is 0 Å². The van der Waals surface area contributed by atoms with Gasteiger partial charge in [-0.3, -0.25) is 9.34 Å². The summed E-state index contributed by atoms with van der Waals surface area (Å²) < 4.78 is 31.4. The quantitative estimate of drug-likeness (QED) is 0.136. The summed E-state index contributed by atoms with van der Waals surface area (Å²) in [5, 5.41) is 7.94. The summed E-state index contributed by atoms with van der Waals surface area (Å²) in [4.78, 5) is 0. The lowest BCUT2D eigenvalue weighted by Gasteiger charge is -2.37. The lowest BCUT2D eigenvalue weighted by Crippen LogP contribution is -2.46. The minimum absolute atomic E-state index is 0.571. The van der Waals surface area contributed by atoms with Gasteiger partial charge < -0.3 is 19.8 Å². The molecule has 2 fully saturated rings. The first-order valence-electron chi connectivity index (χ1n) is 14.5. The largest absolute Gasteiger partial charge is 0.361 e. The van der Waals surface area contributed by atoms with Crippen LogP contribution in [0.4, 0.5) is 0 Å². The van der Waals surface area contributed by atoms with E-state index in [2.05, 4.69) is 10.6 Å². The standard InChI is InChI=1S/C26H52N4O2P2S2/c1-5-33(31,6-2)29(21-23-15-11-9-12-16-23)25(35)27-19-20-28-26(36)30(34(32,7-3)8-4)22-24-17-13-10-14-18-24/h23-24H,5-22H2,1-4H3,(H,27,35)(H,28,36). The van der Waals surface area contributed by atoms with Crippen LogP contribution in [0.15, 0.2) is 0 Å². The van der Waals surface area contributed by atoms with E-state index < -0.39 is 14.6 Å². The summed E-state index contributed by atoms with van der Waals surface area (Å²) in [6.07, 6.45) is 15.0. The van der Waals surface area contributed by atoms with Crippen LogP contribution < -0.4 is 10.6 Å². The first-order chi connectivity index (χ1) is 17.2. The van der Waals surface area contributed by atoms with Crippen LogP contribution in [-0.2, 0) is 9.13 Å². The van der Waals surface area contributed by atoms with Gasteiger partial charge in [-0.05, 0) is 62.0 Å². The third-order valence-corrected chi connectivity index (χ3v) is 15.8. The fourth-order valence-electron chi connectivity index (χ4n) is 5.67. The highest BCUT2D eigenvalue weighted by molar-refractivity contribution is 7.81. The molecule has 0 aliphatic heterocycles. The molecule has 210 valence electrons. The zero-order valence-electron chi connectivity index (χ0n) is 23.3. The second-order valence-electron chi connectivity index (χ2n) is 10.6. The summed E-state index contributed by atoms with van der Waals surface area (Å²) in [5.74, 6) is 1.14. The van der Waals surface area contributed by atoms with Gasteiger partial charge in [0.1, 0.15) is 0 Å². The van der Waals surface area contributed by atoms with Crippen molar-refractivity contribution < 1.29 is 9.13 Å². The summed E-state index contributed by atoms with van der Waals surface area (Å²) in [7, 11) is -5.02. The molecule has 0 heterocycles. The van der Waals surface area contributed by atoms with Crippen molar-refractivity contribution in [3.63, 3.8) is 0 Å². The van der Waals surface area contributed by atoms with Crippen molar-refractivity contribution in [3.05, 3.63) is 0 Å². The van der Waals surface area contributed by atoms with Gasteiger partial charge in [-0.2, -0.15) is 0 Å². The van der Waals surface area contributed by atoms with Crippen molar-refractivity contribution in [3.8, 4) is 0 Å². The zero-order valence-corrected chi connectivity index (χ0v) is 26.7. The van der Waals surface area contributed by atoms with E-state index in [1.54, 1.807) is 0 Å². The Morgan fingerprint density at radius 2 is 0.944 bits per heavy atom. The third kappa shape index (κ3) is 9.24. The van der Waals surface area contributed by atoms with Crippen molar-refractivity contribution in [2.24, 2.45) is 11.8 Å². The number of hydrogen-bond acceptors (Lipinski definition) is 4. The number of rotatable bonds is 13. The van der Waals surface area contributed by atoms with Crippen LogP contribution in [0, 0.1) is 11.8 Å². The van der Waals surface area contributed by atoms with Crippen LogP contribution in [0.5, 0.6) is 0 Å². The molecule has 36 heavy (non-hydrogen) atoms. The molecule has 10 heteroatoms. The van der Waals surface area contributed by atoms with Crippen molar-refractivity contribution in [2.75, 3.05) is 50.8 Å².